The molecule has 14 heteroatoms. The van der Waals surface area contributed by atoms with Crippen molar-refractivity contribution in [3.63, 3.8) is 0 Å². The van der Waals surface area contributed by atoms with E-state index in [1.165, 1.54) is 30.4 Å². The van der Waals surface area contributed by atoms with E-state index in [0.717, 1.165) is 12.3 Å². The second kappa shape index (κ2) is 11.0. The largest absolute Gasteiger partial charge is 0.370 e. The second-order valence-electron chi connectivity index (χ2n) is 6.90. The third-order valence-electron chi connectivity index (χ3n) is 4.06. The summed E-state index contributed by atoms with van der Waals surface area (Å²) in [5.74, 6) is -6.32. The predicted octanol–water partition coefficient (Wildman–Crippen LogP) is 6.29. The average Bonchev–Trinajstić information content (AvgIpc) is 2.72. The first kappa shape index (κ1) is 28.0. The summed E-state index contributed by atoms with van der Waals surface area (Å²) in [6, 6.07) is 5.34. The lowest BCUT2D eigenvalue weighted by molar-refractivity contribution is -0.129. The van der Waals surface area contributed by atoms with Crippen LogP contribution in [0.3, 0.4) is 0 Å². The fraction of sp³-hybridized carbons (Fsp3) is 0.250. The van der Waals surface area contributed by atoms with E-state index in [-0.39, 0.29) is 34.5 Å². The predicted molar refractivity (Wildman–Crippen MR) is 126 cm³/mol. The molecule has 0 unspecified atom stereocenters. The Morgan fingerprint density at radius 2 is 1.68 bits per heavy atom. The Bertz CT molecular complexity index is 1130. The van der Waals surface area contributed by atoms with Crippen molar-refractivity contribution in [2.75, 3.05) is 22.2 Å². The van der Waals surface area contributed by atoms with Crippen molar-refractivity contribution >= 4 is 81.3 Å². The van der Waals surface area contributed by atoms with Gasteiger partial charge >= 0.3 is 11.2 Å². The second-order valence-corrected chi connectivity index (χ2v) is 10.1. The molecule has 34 heavy (non-hydrogen) atoms. The first-order valence-corrected chi connectivity index (χ1v) is 11.5. The number of nitrogens with one attached hydrogen (secondary N) is 3. The van der Waals surface area contributed by atoms with Gasteiger partial charge in [0.05, 0.1) is 22.7 Å². The fourth-order valence-electron chi connectivity index (χ4n) is 2.50. The van der Waals surface area contributed by atoms with Crippen molar-refractivity contribution in [3.05, 3.63) is 52.6 Å². The highest BCUT2D eigenvalue weighted by molar-refractivity contribution is 8.00. The van der Waals surface area contributed by atoms with Crippen LogP contribution in [0.4, 0.5) is 34.6 Å². The molecule has 0 fully saturated rings. The van der Waals surface area contributed by atoms with Crippen LogP contribution in [0.5, 0.6) is 0 Å². The smallest absolute Gasteiger partial charge is 0.326 e. The Labute approximate surface area is 210 Å². The molecule has 2 rings (SSSR count). The van der Waals surface area contributed by atoms with Crippen LogP contribution in [0.2, 0.25) is 5.02 Å². The van der Waals surface area contributed by atoms with Crippen molar-refractivity contribution in [2.45, 2.75) is 22.9 Å². The van der Waals surface area contributed by atoms with E-state index < -0.39 is 50.3 Å². The Kier molecular flexibility index (Phi) is 9.09. The average molecular weight is 561 g/mol. The number of carbonyl (C=O) groups is 3. The molecule has 0 saturated carbocycles. The van der Waals surface area contributed by atoms with E-state index in [0.29, 0.717) is 6.07 Å². The van der Waals surface area contributed by atoms with E-state index in [2.05, 4.69) is 10.6 Å². The van der Waals surface area contributed by atoms with Gasteiger partial charge in [0, 0.05) is 5.69 Å². The van der Waals surface area contributed by atoms with Gasteiger partial charge in [0.2, 0.25) is 5.91 Å². The van der Waals surface area contributed by atoms with Crippen LogP contribution in [0.15, 0.2) is 30.3 Å². The summed E-state index contributed by atoms with van der Waals surface area (Å²) in [4.78, 5) is 36.3. The first-order chi connectivity index (χ1) is 15.6. The lowest BCUT2D eigenvalue weighted by Crippen LogP contribution is -2.32. The zero-order valence-electron chi connectivity index (χ0n) is 17.4. The van der Waals surface area contributed by atoms with Gasteiger partial charge in [0.25, 0.3) is 5.91 Å². The monoisotopic (exact) mass is 559 g/mol. The molecule has 0 atom stereocenters. The van der Waals surface area contributed by atoms with Crippen molar-refractivity contribution < 1.29 is 31.9 Å². The molecule has 2 aromatic carbocycles. The number of benzene rings is 2. The number of alkyl halides is 4. The summed E-state index contributed by atoms with van der Waals surface area (Å²) in [5.41, 5.74) is -1.86. The minimum atomic E-state index is -3.94. The minimum absolute atomic E-state index is 0.0781. The highest BCUT2D eigenvalue weighted by Crippen LogP contribution is 2.32. The van der Waals surface area contributed by atoms with Gasteiger partial charge < -0.3 is 16.0 Å². The summed E-state index contributed by atoms with van der Waals surface area (Å²) in [6.45, 7) is 1.41. The molecule has 0 aliphatic carbocycles. The van der Waals surface area contributed by atoms with Crippen LogP contribution in [-0.2, 0) is 9.59 Å². The molecule has 0 spiro atoms. The lowest BCUT2D eigenvalue weighted by Gasteiger charge is -2.16. The van der Waals surface area contributed by atoms with Gasteiger partial charge in [-0.1, -0.05) is 23.4 Å². The maximum atomic E-state index is 14.7. The number of rotatable bonds is 8. The third kappa shape index (κ3) is 7.39. The zero-order chi connectivity index (χ0) is 25.8. The van der Waals surface area contributed by atoms with Crippen LogP contribution in [0.1, 0.15) is 23.7 Å². The van der Waals surface area contributed by atoms with Crippen LogP contribution in [0.25, 0.3) is 0 Å². The first-order valence-electron chi connectivity index (χ1n) is 9.15. The van der Waals surface area contributed by atoms with Crippen molar-refractivity contribution in [3.8, 4) is 0 Å². The summed E-state index contributed by atoms with van der Waals surface area (Å²) in [5, 5.41) is 2.04. The molecule has 0 aromatic heterocycles. The van der Waals surface area contributed by atoms with Crippen LogP contribution in [0, 0.1) is 11.6 Å². The number of carbonyl (C=O) groups excluding carboxylic acids is 3. The third-order valence-corrected chi connectivity index (χ3v) is 5.36. The standard InChI is InChI=1S/C20H16Cl3F4N3O3S/c1-19(22,23)8-14(31)28-9-3-4-11(21)10(7-9)17(32)29-13-6-5-12(24)16(15(13)25)30-18(33)20(26,27)34-2/h3-7H,8H2,1-2H3,(H,28,31)(H,29,32)(H,30,33). The summed E-state index contributed by atoms with van der Waals surface area (Å²) in [6.07, 6.45) is 0.679. The topological polar surface area (TPSA) is 87.3 Å². The molecule has 3 amide bonds. The van der Waals surface area contributed by atoms with Gasteiger partial charge in [0.15, 0.2) is 5.82 Å². The molecule has 0 heterocycles. The maximum Gasteiger partial charge on any atom is 0.370 e. The van der Waals surface area contributed by atoms with Crippen molar-refractivity contribution in [1.29, 1.82) is 0 Å². The maximum absolute atomic E-state index is 14.7. The van der Waals surface area contributed by atoms with E-state index in [9.17, 15) is 31.9 Å². The van der Waals surface area contributed by atoms with E-state index in [4.69, 9.17) is 34.8 Å². The molecule has 6 nitrogen and oxygen atoms in total. The van der Waals surface area contributed by atoms with Gasteiger partial charge in [0.1, 0.15) is 15.8 Å². The number of amides is 3. The van der Waals surface area contributed by atoms with Crippen LogP contribution in [-0.4, -0.2) is 33.6 Å². The molecule has 2 aromatic rings. The quantitative estimate of drug-likeness (QED) is 0.262. The van der Waals surface area contributed by atoms with E-state index in [1.807, 2.05) is 0 Å². The van der Waals surface area contributed by atoms with Gasteiger partial charge in [-0.3, -0.25) is 14.4 Å². The molecule has 3 N–H and O–H groups in total. The van der Waals surface area contributed by atoms with Crippen molar-refractivity contribution in [1.82, 2.24) is 0 Å². The highest BCUT2D eigenvalue weighted by Gasteiger charge is 2.38. The Balaban J connectivity index is 2.27. The summed E-state index contributed by atoms with van der Waals surface area (Å²) >= 11 is 17.5. The van der Waals surface area contributed by atoms with Crippen molar-refractivity contribution in [2.24, 2.45) is 0 Å². The Morgan fingerprint density at radius 3 is 2.26 bits per heavy atom. The van der Waals surface area contributed by atoms with Gasteiger partial charge in [-0.2, -0.15) is 8.78 Å². The van der Waals surface area contributed by atoms with Gasteiger partial charge in [-0.15, -0.1) is 23.2 Å². The molecule has 0 radical (unpaired) electrons. The molecule has 184 valence electrons. The summed E-state index contributed by atoms with van der Waals surface area (Å²) in [7, 11) is 0. The lowest BCUT2D eigenvalue weighted by atomic mass is 10.1. The van der Waals surface area contributed by atoms with Gasteiger partial charge in [-0.25, -0.2) is 8.78 Å². The van der Waals surface area contributed by atoms with Crippen LogP contribution >= 0.6 is 46.6 Å². The number of hydrogen-bond donors (Lipinski definition) is 3. The molecule has 0 aliphatic rings. The molecular formula is C20H16Cl3F4N3O3S. The number of hydrogen-bond acceptors (Lipinski definition) is 4. The number of thioether (sulfide) groups is 1. The van der Waals surface area contributed by atoms with Gasteiger partial charge in [-0.05, 0) is 43.5 Å². The number of anilines is 3. The SMILES string of the molecule is CSC(F)(F)C(=O)Nc1c(F)ccc(NC(=O)c2cc(NC(=O)CC(C)(Cl)Cl)ccc2Cl)c1F. The fourth-order valence-corrected chi connectivity index (χ4v) is 3.18. The Hall–Kier alpha value is -2.21. The molecule has 0 aliphatic heterocycles. The van der Waals surface area contributed by atoms with E-state index in [1.54, 1.807) is 0 Å². The Morgan fingerprint density at radius 1 is 1.03 bits per heavy atom. The normalized spacial score (nSPS) is 11.7. The van der Waals surface area contributed by atoms with E-state index >= 15 is 0 Å². The highest BCUT2D eigenvalue weighted by atomic mass is 35.5. The minimum Gasteiger partial charge on any atom is -0.326 e. The zero-order valence-corrected chi connectivity index (χ0v) is 20.5. The van der Waals surface area contributed by atoms with Crippen LogP contribution < -0.4 is 16.0 Å². The molecular weight excluding hydrogens is 545 g/mol. The number of halogens is 7. The molecule has 0 saturated heterocycles. The molecule has 0 bridgehead atoms. The summed E-state index contributed by atoms with van der Waals surface area (Å²) < 4.78 is 54.3.